The van der Waals surface area contributed by atoms with Gasteiger partial charge in [-0.3, -0.25) is 9.69 Å². The molecule has 1 fully saturated rings. The van der Waals surface area contributed by atoms with E-state index in [1.807, 2.05) is 17.8 Å². The van der Waals surface area contributed by atoms with Crippen molar-refractivity contribution in [1.29, 1.82) is 0 Å². The fraction of sp³-hybridized carbons (Fsp3) is 0.786. The summed E-state index contributed by atoms with van der Waals surface area (Å²) in [5, 5.41) is 14.6. The summed E-state index contributed by atoms with van der Waals surface area (Å²) in [4.78, 5) is 14.1. The van der Waals surface area contributed by atoms with Crippen molar-refractivity contribution in [2.24, 2.45) is 0 Å². The minimum atomic E-state index is -0.120. The maximum absolute atomic E-state index is 11.8. The average Bonchev–Trinajstić information content (AvgIpc) is 3.13. The SMILES string of the molecule is CCNC(=O)[C@@H]1C[C@H](n2cc(CN(CC)CC)nn2)CN1. The lowest BCUT2D eigenvalue weighted by Crippen LogP contribution is -2.40. The van der Waals surface area contributed by atoms with Crippen LogP contribution in [0.5, 0.6) is 0 Å². The lowest BCUT2D eigenvalue weighted by atomic mass is 10.1. The van der Waals surface area contributed by atoms with Gasteiger partial charge in [0.05, 0.1) is 24.0 Å². The van der Waals surface area contributed by atoms with Crippen LogP contribution in [-0.2, 0) is 11.3 Å². The van der Waals surface area contributed by atoms with Gasteiger partial charge in [-0.15, -0.1) is 5.10 Å². The Kier molecular flexibility index (Phi) is 5.69. The molecule has 118 valence electrons. The molecule has 0 radical (unpaired) electrons. The Hall–Kier alpha value is -1.47. The number of hydrogen-bond donors (Lipinski definition) is 2. The third-order valence-corrected chi connectivity index (χ3v) is 3.99. The number of nitrogens with one attached hydrogen (secondary N) is 2. The third-order valence-electron chi connectivity index (χ3n) is 3.99. The van der Waals surface area contributed by atoms with Gasteiger partial charge in [0.2, 0.25) is 5.91 Å². The second kappa shape index (κ2) is 7.51. The van der Waals surface area contributed by atoms with E-state index in [-0.39, 0.29) is 18.0 Å². The molecule has 2 atom stereocenters. The van der Waals surface area contributed by atoms with E-state index in [1.165, 1.54) is 0 Å². The van der Waals surface area contributed by atoms with E-state index >= 15 is 0 Å². The zero-order chi connectivity index (χ0) is 15.2. The summed E-state index contributed by atoms with van der Waals surface area (Å²) in [6, 6.07) is 0.0842. The first-order valence-electron chi connectivity index (χ1n) is 7.82. The van der Waals surface area contributed by atoms with E-state index in [2.05, 4.69) is 39.7 Å². The van der Waals surface area contributed by atoms with Gasteiger partial charge in [0, 0.05) is 19.6 Å². The van der Waals surface area contributed by atoms with Gasteiger partial charge in [0.25, 0.3) is 0 Å². The zero-order valence-electron chi connectivity index (χ0n) is 13.2. The molecule has 0 aromatic carbocycles. The molecule has 7 nitrogen and oxygen atoms in total. The first-order valence-corrected chi connectivity index (χ1v) is 7.82. The number of nitrogens with zero attached hydrogens (tertiary/aromatic N) is 4. The highest BCUT2D eigenvalue weighted by atomic mass is 16.2. The zero-order valence-corrected chi connectivity index (χ0v) is 13.2. The van der Waals surface area contributed by atoms with Crippen LogP contribution in [0.15, 0.2) is 6.20 Å². The smallest absolute Gasteiger partial charge is 0.237 e. The standard InChI is InChI=1S/C14H26N6O/c1-4-15-14(21)13-7-12(8-16-13)20-10-11(17-18-20)9-19(5-2)6-3/h10,12-13,16H,4-9H2,1-3H3,(H,15,21)/t12-,13-/m0/s1. The van der Waals surface area contributed by atoms with Crippen LogP contribution in [0.3, 0.4) is 0 Å². The highest BCUT2D eigenvalue weighted by Gasteiger charge is 2.30. The fourth-order valence-electron chi connectivity index (χ4n) is 2.66. The normalized spacial score (nSPS) is 21.9. The number of rotatable bonds is 7. The molecule has 1 amide bonds. The van der Waals surface area contributed by atoms with Gasteiger partial charge in [-0.25, -0.2) is 4.68 Å². The molecule has 1 aromatic heterocycles. The Morgan fingerprint density at radius 3 is 2.90 bits per heavy atom. The van der Waals surface area contributed by atoms with E-state index in [9.17, 15) is 4.79 Å². The summed E-state index contributed by atoms with van der Waals surface area (Å²) in [7, 11) is 0. The molecular weight excluding hydrogens is 268 g/mol. The third kappa shape index (κ3) is 4.01. The van der Waals surface area contributed by atoms with E-state index in [0.717, 1.165) is 38.3 Å². The molecule has 7 heteroatoms. The topological polar surface area (TPSA) is 75.1 Å². The van der Waals surface area contributed by atoms with Crippen LogP contribution < -0.4 is 10.6 Å². The van der Waals surface area contributed by atoms with Crippen LogP contribution in [0.25, 0.3) is 0 Å². The van der Waals surface area contributed by atoms with Crippen molar-refractivity contribution in [3.63, 3.8) is 0 Å². The van der Waals surface area contributed by atoms with Crippen LogP contribution in [0, 0.1) is 0 Å². The molecule has 0 aliphatic carbocycles. The molecule has 0 spiro atoms. The monoisotopic (exact) mass is 294 g/mol. The molecule has 1 aliphatic rings. The summed E-state index contributed by atoms with van der Waals surface area (Å²) < 4.78 is 1.89. The molecule has 2 heterocycles. The molecule has 1 saturated heterocycles. The minimum Gasteiger partial charge on any atom is -0.355 e. The van der Waals surface area contributed by atoms with Gasteiger partial charge in [0.1, 0.15) is 0 Å². The van der Waals surface area contributed by atoms with Crippen molar-refractivity contribution in [3.05, 3.63) is 11.9 Å². The summed E-state index contributed by atoms with van der Waals surface area (Å²) in [5.74, 6) is 0.0727. The molecule has 0 bridgehead atoms. The maximum atomic E-state index is 11.8. The van der Waals surface area contributed by atoms with Crippen molar-refractivity contribution in [2.45, 2.75) is 45.8 Å². The van der Waals surface area contributed by atoms with Crippen molar-refractivity contribution >= 4 is 5.91 Å². The summed E-state index contributed by atoms with van der Waals surface area (Å²) in [6.45, 7) is 10.5. The molecule has 0 unspecified atom stereocenters. The number of hydrogen-bond acceptors (Lipinski definition) is 5. The number of likely N-dealkylation sites (N-methyl/N-ethyl adjacent to an activating group) is 1. The summed E-state index contributed by atoms with van der Waals surface area (Å²) in [6.07, 6.45) is 2.77. The Morgan fingerprint density at radius 2 is 2.24 bits per heavy atom. The molecule has 1 aromatic rings. The first kappa shape index (κ1) is 15.9. The second-order valence-corrected chi connectivity index (χ2v) is 5.40. The van der Waals surface area contributed by atoms with Crippen molar-refractivity contribution in [1.82, 2.24) is 30.5 Å². The Bertz CT molecular complexity index is 456. The van der Waals surface area contributed by atoms with Gasteiger partial charge >= 0.3 is 0 Å². The van der Waals surface area contributed by atoms with Crippen LogP contribution in [0.4, 0.5) is 0 Å². The van der Waals surface area contributed by atoms with Crippen LogP contribution in [-0.4, -0.2) is 58.0 Å². The number of amides is 1. The molecule has 0 saturated carbocycles. The minimum absolute atomic E-state index is 0.0727. The number of carbonyl (C=O) groups is 1. The van der Waals surface area contributed by atoms with Crippen molar-refractivity contribution in [3.8, 4) is 0 Å². The molecule has 2 N–H and O–H groups in total. The average molecular weight is 294 g/mol. The van der Waals surface area contributed by atoms with E-state index in [0.29, 0.717) is 6.54 Å². The van der Waals surface area contributed by atoms with Gasteiger partial charge in [0.15, 0.2) is 0 Å². The van der Waals surface area contributed by atoms with Crippen LogP contribution in [0.2, 0.25) is 0 Å². The molecule has 2 rings (SSSR count). The van der Waals surface area contributed by atoms with Gasteiger partial charge in [-0.05, 0) is 26.4 Å². The molecule has 1 aliphatic heterocycles. The molecule has 21 heavy (non-hydrogen) atoms. The van der Waals surface area contributed by atoms with Gasteiger partial charge in [-0.2, -0.15) is 0 Å². The Labute approximate surface area is 126 Å². The van der Waals surface area contributed by atoms with Crippen LogP contribution >= 0.6 is 0 Å². The highest BCUT2D eigenvalue weighted by Crippen LogP contribution is 2.19. The quantitative estimate of drug-likeness (QED) is 0.749. The lowest BCUT2D eigenvalue weighted by Gasteiger charge is -2.15. The Balaban J connectivity index is 1.92. The predicted molar refractivity (Wildman–Crippen MR) is 80.8 cm³/mol. The summed E-state index contributed by atoms with van der Waals surface area (Å²) >= 11 is 0. The van der Waals surface area contributed by atoms with Gasteiger partial charge in [-0.1, -0.05) is 19.1 Å². The largest absolute Gasteiger partial charge is 0.355 e. The Morgan fingerprint density at radius 1 is 1.48 bits per heavy atom. The fourth-order valence-corrected chi connectivity index (χ4v) is 2.66. The lowest BCUT2D eigenvalue weighted by molar-refractivity contribution is -0.122. The number of carbonyl (C=O) groups excluding carboxylic acids is 1. The summed E-state index contributed by atoms with van der Waals surface area (Å²) in [5.41, 5.74) is 0.986. The van der Waals surface area contributed by atoms with E-state index in [1.54, 1.807) is 0 Å². The second-order valence-electron chi connectivity index (χ2n) is 5.40. The van der Waals surface area contributed by atoms with E-state index in [4.69, 9.17) is 0 Å². The predicted octanol–water partition coefficient (Wildman–Crippen LogP) is 0.159. The number of aromatic nitrogens is 3. The van der Waals surface area contributed by atoms with Crippen molar-refractivity contribution < 1.29 is 4.79 Å². The molecular formula is C14H26N6O. The van der Waals surface area contributed by atoms with E-state index < -0.39 is 0 Å². The first-order chi connectivity index (χ1) is 10.2. The maximum Gasteiger partial charge on any atom is 0.237 e. The van der Waals surface area contributed by atoms with Crippen molar-refractivity contribution in [2.75, 3.05) is 26.2 Å². The van der Waals surface area contributed by atoms with Gasteiger partial charge < -0.3 is 10.6 Å². The highest BCUT2D eigenvalue weighted by molar-refractivity contribution is 5.82. The van der Waals surface area contributed by atoms with Crippen LogP contribution in [0.1, 0.15) is 38.9 Å².